The lowest BCUT2D eigenvalue weighted by molar-refractivity contribution is -0.366. The third-order valence-electron chi connectivity index (χ3n) is 16.4. The van der Waals surface area contributed by atoms with Gasteiger partial charge in [0.05, 0.1) is 73.2 Å². The third-order valence-corrected chi connectivity index (χ3v) is 16.4. The number of aliphatic hydroxyl groups excluding tert-OH is 6. The zero-order valence-corrected chi connectivity index (χ0v) is 49.1. The van der Waals surface area contributed by atoms with Crippen LogP contribution in [0.15, 0.2) is 58.7 Å². The molecule has 21 heteroatoms. The Morgan fingerprint density at radius 1 is 0.747 bits per heavy atom. The van der Waals surface area contributed by atoms with Crippen LogP contribution in [0.5, 0.6) is 0 Å². The average molecular weight is 1130 g/mol. The number of hydrogen-bond acceptors (Lipinski definition) is 21. The molecule has 0 saturated carbocycles. The summed E-state index contributed by atoms with van der Waals surface area (Å²) in [5, 5.41) is 92.6. The molecule has 4 saturated heterocycles. The fraction of sp³-hybridized carbons (Fsp3) is 0.810. The number of allylic oxidation sites excluding steroid dienone is 7. The Bertz CT molecular complexity index is 2080. The van der Waals surface area contributed by atoms with Crippen molar-refractivity contribution < 1.29 is 102 Å². The predicted octanol–water partition coefficient (Wildman–Crippen LogP) is 3.59. The zero-order chi connectivity index (χ0) is 58.8. The maximum absolute atomic E-state index is 14.1. The average Bonchev–Trinajstić information content (AvgIpc) is 3.46. The summed E-state index contributed by atoms with van der Waals surface area (Å²) in [6, 6.07) is 0. The van der Waals surface area contributed by atoms with E-state index in [0.717, 1.165) is 11.1 Å². The molecule has 0 aliphatic carbocycles. The summed E-state index contributed by atoms with van der Waals surface area (Å²) in [4.78, 5) is 14.1. The number of ether oxygens (including phenoxy) is 12. The molecule has 5 aliphatic rings. The summed E-state index contributed by atoms with van der Waals surface area (Å²) in [5.74, 6) is -5.45. The summed E-state index contributed by atoms with van der Waals surface area (Å²) < 4.78 is 72.0. The molecule has 0 aromatic heterocycles. The van der Waals surface area contributed by atoms with Gasteiger partial charge in [-0.15, -0.1) is 0 Å². The second kappa shape index (κ2) is 29.8. The number of esters is 1. The molecule has 0 unspecified atom stereocenters. The van der Waals surface area contributed by atoms with Crippen molar-refractivity contribution in [1.82, 2.24) is 0 Å². The van der Waals surface area contributed by atoms with Gasteiger partial charge in [-0.3, -0.25) is 0 Å². The Kier molecular flexibility index (Phi) is 25.3. The van der Waals surface area contributed by atoms with Gasteiger partial charge in [-0.2, -0.15) is 0 Å². The van der Waals surface area contributed by atoms with Crippen LogP contribution in [0.4, 0.5) is 0 Å². The highest BCUT2D eigenvalue weighted by Gasteiger charge is 2.57. The van der Waals surface area contributed by atoms with Crippen LogP contribution in [0.25, 0.3) is 0 Å². The van der Waals surface area contributed by atoms with Gasteiger partial charge in [0.15, 0.2) is 18.9 Å². The fourth-order valence-electron chi connectivity index (χ4n) is 11.6. The maximum Gasteiger partial charge on any atom is 0.334 e. The fourth-order valence-corrected chi connectivity index (χ4v) is 11.6. The second-order valence-electron chi connectivity index (χ2n) is 23.0. The van der Waals surface area contributed by atoms with Crippen molar-refractivity contribution >= 4 is 5.97 Å². The van der Waals surface area contributed by atoms with E-state index >= 15 is 0 Å². The summed E-state index contributed by atoms with van der Waals surface area (Å²) in [6.07, 6.45) is -8.27. The number of hydrogen-bond donors (Lipinski definition) is 8. The van der Waals surface area contributed by atoms with Gasteiger partial charge in [0.2, 0.25) is 5.79 Å². The van der Waals surface area contributed by atoms with E-state index in [1.165, 1.54) is 35.4 Å². The molecule has 0 aromatic carbocycles. The molecule has 79 heavy (non-hydrogen) atoms. The first-order valence-corrected chi connectivity index (χ1v) is 27.9. The number of aliphatic hydroxyl groups is 8. The lowest BCUT2D eigenvalue weighted by atomic mass is 9.76. The van der Waals surface area contributed by atoms with E-state index in [-0.39, 0.29) is 50.2 Å². The van der Waals surface area contributed by atoms with Crippen LogP contribution in [-0.2, 0) is 61.6 Å². The van der Waals surface area contributed by atoms with Crippen LogP contribution in [-0.4, -0.2) is 216 Å². The standard InChI is InChI=1S/C58H96O21/c1-29-17-16-18-40(59)43(69-13)25-45(76-55(65)33(5)23-31(3)21-30(2)22-32(4)41(20-19-29)77-56-51(63)50(62)52(71-15)37(9)74-56)53(64)58(67)35(7)48(60)34(6)42(79-58)24-39(28-68-12)75-47-27-57(11,66)54(38(10)73-47)78-46-26-44(70-14)49(61)36(8)72-46/h17,19-23,32,34-54,56,59-64,66-67H,16,18,24-28H2,1-15H3/b20-19+,29-17+,30-22+,31-21+,33-23+/t32-,34+,35-,36+,37+,38-,39-,40+,41-,42-,43+,44+,45+,46-,47+,48-,49-,50+,51+,52+,53-,54-,56-,57-,58-/m1/s1. The van der Waals surface area contributed by atoms with Crippen molar-refractivity contribution in [2.45, 2.75) is 249 Å². The summed E-state index contributed by atoms with van der Waals surface area (Å²) >= 11 is 0. The number of rotatable bonds is 15. The van der Waals surface area contributed by atoms with E-state index in [4.69, 9.17) is 56.8 Å². The van der Waals surface area contributed by atoms with E-state index in [0.29, 0.717) is 12.0 Å². The van der Waals surface area contributed by atoms with Gasteiger partial charge in [0.25, 0.3) is 0 Å². The van der Waals surface area contributed by atoms with Gasteiger partial charge in [-0.25, -0.2) is 4.79 Å². The molecule has 5 rings (SSSR count). The van der Waals surface area contributed by atoms with Crippen LogP contribution >= 0.6 is 0 Å². The first kappa shape index (κ1) is 67.2. The molecule has 8 N–H and O–H groups in total. The number of carbonyl (C=O) groups is 1. The molecular formula is C58H96O21. The van der Waals surface area contributed by atoms with Crippen molar-refractivity contribution in [3.8, 4) is 0 Å². The van der Waals surface area contributed by atoms with Crippen molar-refractivity contribution in [3.63, 3.8) is 0 Å². The van der Waals surface area contributed by atoms with Crippen LogP contribution in [0.3, 0.4) is 0 Å². The Morgan fingerprint density at radius 3 is 2.05 bits per heavy atom. The summed E-state index contributed by atoms with van der Waals surface area (Å²) in [6.45, 7) is 19.1. The Balaban J connectivity index is 1.37. The van der Waals surface area contributed by atoms with E-state index in [1.807, 2.05) is 51.2 Å². The minimum absolute atomic E-state index is 0.00743. The lowest BCUT2D eigenvalue weighted by Gasteiger charge is -2.51. The van der Waals surface area contributed by atoms with Gasteiger partial charge >= 0.3 is 5.97 Å². The highest BCUT2D eigenvalue weighted by molar-refractivity contribution is 5.88. The van der Waals surface area contributed by atoms with Crippen LogP contribution in [0, 0.1) is 17.8 Å². The minimum atomic E-state index is -2.54. The van der Waals surface area contributed by atoms with Gasteiger partial charge in [-0.1, -0.05) is 67.9 Å². The molecule has 0 amide bonds. The topological polar surface area (TPSA) is 290 Å². The van der Waals surface area contributed by atoms with Crippen molar-refractivity contribution in [2.75, 3.05) is 35.0 Å². The molecule has 5 heterocycles. The largest absolute Gasteiger partial charge is 0.456 e. The lowest BCUT2D eigenvalue weighted by Crippen LogP contribution is -2.66. The number of methoxy groups -OCH3 is 4. The first-order chi connectivity index (χ1) is 37.1. The van der Waals surface area contributed by atoms with Crippen molar-refractivity contribution in [1.29, 1.82) is 0 Å². The molecule has 0 bridgehead atoms. The monoisotopic (exact) mass is 1130 g/mol. The van der Waals surface area contributed by atoms with Crippen molar-refractivity contribution in [2.24, 2.45) is 17.8 Å². The first-order valence-electron chi connectivity index (χ1n) is 27.9. The molecule has 21 nitrogen and oxygen atoms in total. The molecule has 0 spiro atoms. The molecule has 0 aromatic rings. The quantitative estimate of drug-likeness (QED) is 0.109. The Labute approximate surface area is 467 Å². The smallest absolute Gasteiger partial charge is 0.334 e. The zero-order valence-electron chi connectivity index (χ0n) is 49.1. The second-order valence-corrected chi connectivity index (χ2v) is 23.0. The van der Waals surface area contributed by atoms with Crippen LogP contribution in [0.1, 0.15) is 115 Å². The molecule has 0 radical (unpaired) electrons. The van der Waals surface area contributed by atoms with Gasteiger partial charge in [0.1, 0.15) is 42.7 Å². The predicted molar refractivity (Wildman–Crippen MR) is 288 cm³/mol. The van der Waals surface area contributed by atoms with Gasteiger partial charge < -0.3 is 97.7 Å². The van der Waals surface area contributed by atoms with Crippen LogP contribution < -0.4 is 0 Å². The summed E-state index contributed by atoms with van der Waals surface area (Å²) in [7, 11) is 5.80. The van der Waals surface area contributed by atoms with Gasteiger partial charge in [0, 0.05) is 77.4 Å². The van der Waals surface area contributed by atoms with Crippen molar-refractivity contribution in [3.05, 3.63) is 58.7 Å². The molecule has 454 valence electrons. The van der Waals surface area contributed by atoms with Crippen LogP contribution in [0.2, 0.25) is 0 Å². The normalized spacial score (nSPS) is 46.7. The Hall–Kier alpha value is -2.59. The van der Waals surface area contributed by atoms with Gasteiger partial charge in [-0.05, 0) is 74.3 Å². The number of cyclic esters (lactones) is 1. The molecule has 25 atom stereocenters. The third kappa shape index (κ3) is 17.3. The highest BCUT2D eigenvalue weighted by atomic mass is 16.7. The van der Waals surface area contributed by atoms with E-state index in [9.17, 15) is 45.6 Å². The SMILES string of the molecule is COC[C@@H](C[C@H]1O[C@@](O)([C@H](O)[C@@H]2C[C@H](OC)[C@@H](O)CC/C=C(C)/C=C/[C@@H](O[C@H]3O[C@@H](C)[C@H](OC)[C@@H](O)[C@@H]3O)[C@H](C)/C=C(C)/C=C(C)/C=C(\C)C(=O)O2)[C@H](C)[C@H](O)[C@H]1C)O[C@H]1C[C@@](C)(O)[C@H](O[C@@H]2C[C@H](OC)[C@H](O)[C@H](C)O2)[C@@H](C)O1. The molecule has 4 fully saturated rings. The van der Waals surface area contributed by atoms with E-state index in [2.05, 4.69) is 0 Å². The maximum atomic E-state index is 14.1. The van der Waals surface area contributed by atoms with E-state index in [1.54, 1.807) is 54.5 Å². The number of carbonyl (C=O) groups excluding carboxylic acids is 1. The van der Waals surface area contributed by atoms with E-state index < -0.39 is 152 Å². The molecular weight excluding hydrogens is 1030 g/mol. The summed E-state index contributed by atoms with van der Waals surface area (Å²) in [5.41, 5.74) is 0.977. The molecule has 5 aliphatic heterocycles. The highest BCUT2D eigenvalue weighted by Crippen LogP contribution is 2.43. The minimum Gasteiger partial charge on any atom is -0.456 e. The Morgan fingerprint density at radius 2 is 1.42 bits per heavy atom.